The maximum atomic E-state index is 12.4. The summed E-state index contributed by atoms with van der Waals surface area (Å²) in [6, 6.07) is 3.83. The van der Waals surface area contributed by atoms with E-state index in [1.165, 1.54) is 11.3 Å². The lowest BCUT2D eigenvalue weighted by atomic mass is 9.88. The number of allylic oxidation sites excluding steroid dienone is 3. The van der Waals surface area contributed by atoms with Crippen LogP contribution in [-0.2, 0) is 4.79 Å². The number of aryl methyl sites for hydroxylation is 1. The zero-order valence-electron chi connectivity index (χ0n) is 11.6. The minimum atomic E-state index is -0.0124. The van der Waals surface area contributed by atoms with E-state index >= 15 is 0 Å². The second-order valence-electron chi connectivity index (χ2n) is 5.40. The van der Waals surface area contributed by atoms with Crippen molar-refractivity contribution in [2.75, 3.05) is 11.9 Å². The molecule has 0 saturated heterocycles. The predicted molar refractivity (Wildman–Crippen MR) is 79.1 cm³/mol. The molecule has 0 fully saturated rings. The second kappa shape index (κ2) is 5.49. The molecule has 2 heterocycles. The first-order chi connectivity index (χ1) is 9.74. The lowest BCUT2D eigenvalue weighted by molar-refractivity contribution is -0.119. The van der Waals surface area contributed by atoms with Crippen molar-refractivity contribution in [3.8, 4) is 0 Å². The summed E-state index contributed by atoms with van der Waals surface area (Å²) < 4.78 is 0. The van der Waals surface area contributed by atoms with E-state index < -0.39 is 0 Å². The second-order valence-corrected chi connectivity index (χ2v) is 5.40. The van der Waals surface area contributed by atoms with E-state index in [4.69, 9.17) is 0 Å². The summed E-state index contributed by atoms with van der Waals surface area (Å²) in [5.74, 6) is 0.711. The number of amides is 1. The molecule has 3 rings (SSSR count). The largest absolute Gasteiger partial charge is 0.384 e. The highest BCUT2D eigenvalue weighted by molar-refractivity contribution is 5.92. The molecular weight excluding hydrogens is 250 g/mol. The van der Waals surface area contributed by atoms with Crippen molar-refractivity contribution in [2.45, 2.75) is 26.2 Å². The van der Waals surface area contributed by atoms with Crippen molar-refractivity contribution in [3.05, 3.63) is 47.3 Å². The van der Waals surface area contributed by atoms with Crippen molar-refractivity contribution < 1.29 is 4.79 Å². The molecule has 4 heteroatoms. The molecule has 1 aromatic rings. The van der Waals surface area contributed by atoms with Crippen LogP contribution in [0.25, 0.3) is 0 Å². The van der Waals surface area contributed by atoms with Gasteiger partial charge in [0.1, 0.15) is 5.82 Å². The van der Waals surface area contributed by atoms with E-state index in [0.29, 0.717) is 12.4 Å². The topological polar surface area (TPSA) is 54.0 Å². The van der Waals surface area contributed by atoms with E-state index in [-0.39, 0.29) is 11.8 Å². The monoisotopic (exact) mass is 269 g/mol. The Morgan fingerprint density at radius 2 is 2.40 bits per heavy atom. The fraction of sp³-hybridized carbons (Fsp3) is 0.375. The standard InChI is InChI=1S/C16H19N3O/c1-11-5-4-8-17-15(11)19-16(20)13-9-12-6-2-3-7-14(12)18-10-13/h3-5,7-8,13,18H,2,6,9-10H2,1H3,(H,17,19,20). The van der Waals surface area contributed by atoms with Crippen LogP contribution in [0.2, 0.25) is 0 Å². The molecule has 0 bridgehead atoms. The summed E-state index contributed by atoms with van der Waals surface area (Å²) in [5, 5.41) is 6.31. The first kappa shape index (κ1) is 12.9. The molecule has 0 saturated carbocycles. The summed E-state index contributed by atoms with van der Waals surface area (Å²) in [4.78, 5) is 16.6. The third-order valence-corrected chi connectivity index (χ3v) is 3.93. The number of nitrogens with zero attached hydrogens (tertiary/aromatic N) is 1. The summed E-state index contributed by atoms with van der Waals surface area (Å²) >= 11 is 0. The Bertz CT molecular complexity index is 589. The van der Waals surface area contributed by atoms with E-state index in [1.807, 2.05) is 19.1 Å². The molecule has 104 valence electrons. The van der Waals surface area contributed by atoms with Gasteiger partial charge in [0.2, 0.25) is 5.91 Å². The fourth-order valence-electron chi connectivity index (χ4n) is 2.73. The molecule has 4 nitrogen and oxygen atoms in total. The van der Waals surface area contributed by atoms with Crippen molar-refractivity contribution in [1.29, 1.82) is 0 Å². The number of anilines is 1. The highest BCUT2D eigenvalue weighted by Crippen LogP contribution is 2.28. The molecule has 1 unspecified atom stereocenters. The van der Waals surface area contributed by atoms with Gasteiger partial charge in [-0.2, -0.15) is 0 Å². The summed E-state index contributed by atoms with van der Waals surface area (Å²) in [7, 11) is 0. The Kier molecular flexibility index (Phi) is 3.54. The Balaban J connectivity index is 1.69. The number of nitrogens with one attached hydrogen (secondary N) is 2. The van der Waals surface area contributed by atoms with Gasteiger partial charge in [0.05, 0.1) is 5.92 Å². The number of carbonyl (C=O) groups is 1. The third-order valence-electron chi connectivity index (χ3n) is 3.93. The average Bonchev–Trinajstić information content (AvgIpc) is 2.49. The van der Waals surface area contributed by atoms with Crippen LogP contribution in [0.15, 0.2) is 41.8 Å². The van der Waals surface area contributed by atoms with Gasteiger partial charge in [0.25, 0.3) is 0 Å². The molecule has 2 N–H and O–H groups in total. The fourth-order valence-corrected chi connectivity index (χ4v) is 2.73. The smallest absolute Gasteiger partial charge is 0.230 e. The molecule has 1 aliphatic heterocycles. The highest BCUT2D eigenvalue weighted by atomic mass is 16.2. The van der Waals surface area contributed by atoms with Gasteiger partial charge in [-0.05, 0) is 49.5 Å². The lowest BCUT2D eigenvalue weighted by Gasteiger charge is -2.28. The molecule has 20 heavy (non-hydrogen) atoms. The van der Waals surface area contributed by atoms with Crippen molar-refractivity contribution >= 4 is 11.7 Å². The van der Waals surface area contributed by atoms with Crippen LogP contribution in [0.4, 0.5) is 5.82 Å². The van der Waals surface area contributed by atoms with Gasteiger partial charge in [-0.25, -0.2) is 4.98 Å². The van der Waals surface area contributed by atoms with Crippen molar-refractivity contribution in [2.24, 2.45) is 5.92 Å². The van der Waals surface area contributed by atoms with Crippen LogP contribution in [0.3, 0.4) is 0 Å². The minimum Gasteiger partial charge on any atom is -0.384 e. The molecule has 1 amide bonds. The summed E-state index contributed by atoms with van der Waals surface area (Å²) in [5.41, 5.74) is 3.58. The maximum Gasteiger partial charge on any atom is 0.230 e. The minimum absolute atomic E-state index is 0.0124. The highest BCUT2D eigenvalue weighted by Gasteiger charge is 2.26. The molecule has 0 radical (unpaired) electrons. The van der Waals surface area contributed by atoms with Gasteiger partial charge in [0.15, 0.2) is 0 Å². The zero-order chi connectivity index (χ0) is 13.9. The maximum absolute atomic E-state index is 12.4. The number of rotatable bonds is 2. The van der Waals surface area contributed by atoms with E-state index in [2.05, 4.69) is 27.8 Å². The average molecular weight is 269 g/mol. The Hall–Kier alpha value is -2.10. The number of carbonyl (C=O) groups excluding carboxylic acids is 1. The Morgan fingerprint density at radius 1 is 1.50 bits per heavy atom. The van der Waals surface area contributed by atoms with E-state index in [9.17, 15) is 4.79 Å². The SMILES string of the molecule is Cc1cccnc1NC(=O)C1CNC2=C(CCC=C2)C1. The zero-order valence-corrected chi connectivity index (χ0v) is 11.6. The van der Waals surface area contributed by atoms with Gasteiger partial charge in [0, 0.05) is 18.4 Å². The van der Waals surface area contributed by atoms with Crippen LogP contribution in [0.5, 0.6) is 0 Å². The van der Waals surface area contributed by atoms with Crippen LogP contribution < -0.4 is 10.6 Å². The number of hydrogen-bond acceptors (Lipinski definition) is 3. The molecule has 0 spiro atoms. The van der Waals surface area contributed by atoms with Crippen molar-refractivity contribution in [1.82, 2.24) is 10.3 Å². The van der Waals surface area contributed by atoms with Gasteiger partial charge < -0.3 is 10.6 Å². The number of hydrogen-bond donors (Lipinski definition) is 2. The predicted octanol–water partition coefficient (Wildman–Crippen LogP) is 2.54. The van der Waals surface area contributed by atoms with Crippen LogP contribution in [0, 0.1) is 12.8 Å². The quantitative estimate of drug-likeness (QED) is 0.867. The molecule has 0 aromatic carbocycles. The Morgan fingerprint density at radius 3 is 3.25 bits per heavy atom. The van der Waals surface area contributed by atoms with Crippen molar-refractivity contribution in [3.63, 3.8) is 0 Å². The van der Waals surface area contributed by atoms with Gasteiger partial charge in [-0.3, -0.25) is 4.79 Å². The first-order valence-corrected chi connectivity index (χ1v) is 7.09. The van der Waals surface area contributed by atoms with E-state index in [0.717, 1.165) is 24.8 Å². The van der Waals surface area contributed by atoms with E-state index in [1.54, 1.807) is 6.20 Å². The molecule has 1 aromatic heterocycles. The molecule has 1 atom stereocenters. The third kappa shape index (κ3) is 2.59. The number of aromatic nitrogens is 1. The molecule has 1 aliphatic carbocycles. The van der Waals surface area contributed by atoms with Crippen LogP contribution in [0.1, 0.15) is 24.8 Å². The van der Waals surface area contributed by atoms with Crippen LogP contribution >= 0.6 is 0 Å². The summed E-state index contributed by atoms with van der Waals surface area (Å²) in [6.07, 6.45) is 9.01. The van der Waals surface area contributed by atoms with Crippen LogP contribution in [-0.4, -0.2) is 17.4 Å². The lowest BCUT2D eigenvalue weighted by Crippen LogP contribution is -2.37. The molecular formula is C16H19N3O. The van der Waals surface area contributed by atoms with Gasteiger partial charge in [-0.15, -0.1) is 0 Å². The van der Waals surface area contributed by atoms with Gasteiger partial charge >= 0.3 is 0 Å². The number of pyridine rings is 1. The van der Waals surface area contributed by atoms with Gasteiger partial charge in [-0.1, -0.05) is 12.1 Å². The Labute approximate surface area is 119 Å². The first-order valence-electron chi connectivity index (χ1n) is 7.09. The summed E-state index contributed by atoms with van der Waals surface area (Å²) in [6.45, 7) is 2.65. The molecule has 2 aliphatic rings. The normalized spacial score (nSPS) is 21.1.